The number of rotatable bonds is 11. The third-order valence-electron chi connectivity index (χ3n) is 5.22. The fourth-order valence-corrected chi connectivity index (χ4v) is 3.39. The maximum atomic E-state index is 12.2. The van der Waals surface area contributed by atoms with Crippen LogP contribution < -0.4 is 9.47 Å². The van der Waals surface area contributed by atoms with Crippen LogP contribution in [0, 0.1) is 0 Å². The molecule has 0 saturated carbocycles. The topological polar surface area (TPSA) is 52.6 Å². The van der Waals surface area contributed by atoms with Crippen molar-refractivity contribution < 1.29 is 19.1 Å². The number of hydrogen-bond donors (Lipinski definition) is 0. The molecule has 0 bridgehead atoms. The molecule has 0 saturated heterocycles. The van der Waals surface area contributed by atoms with E-state index >= 15 is 0 Å². The van der Waals surface area contributed by atoms with E-state index in [0.717, 1.165) is 55.2 Å². The highest BCUT2D eigenvalue weighted by Gasteiger charge is 2.18. The Hall–Kier alpha value is -3.14. The quantitative estimate of drug-likeness (QED) is 0.217. The van der Waals surface area contributed by atoms with Crippen LogP contribution in [-0.4, -0.2) is 11.9 Å². The van der Waals surface area contributed by atoms with Gasteiger partial charge in [-0.25, -0.2) is 9.59 Å². The molecule has 2 aromatic carbocycles. The van der Waals surface area contributed by atoms with Gasteiger partial charge in [0.05, 0.1) is 0 Å². The normalized spacial score (nSPS) is 10.5. The Morgan fingerprint density at radius 3 is 1.81 bits per heavy atom. The molecule has 0 aliphatic rings. The smallest absolute Gasteiger partial charge is 0.338 e. The standard InChI is InChI=1S/C28H34O4/c1-7-9-11-24-23(21-13-15-22(16-14-21)31-27(29)19(3)4)17-18-26(25(24)12-10-8-2)32-28(30)20(5)6/h13-18H,3,5,7-12H2,1-2,4,6H3. The van der Waals surface area contributed by atoms with Gasteiger partial charge in [0.2, 0.25) is 0 Å². The Balaban J connectivity index is 2.50. The van der Waals surface area contributed by atoms with E-state index in [2.05, 4.69) is 27.0 Å². The highest BCUT2D eigenvalue weighted by atomic mass is 16.5. The molecule has 2 aromatic rings. The van der Waals surface area contributed by atoms with E-state index in [-0.39, 0.29) is 0 Å². The van der Waals surface area contributed by atoms with Crippen LogP contribution in [0.5, 0.6) is 11.5 Å². The molecule has 4 heteroatoms. The molecule has 0 amide bonds. The van der Waals surface area contributed by atoms with E-state index in [4.69, 9.17) is 9.47 Å². The maximum absolute atomic E-state index is 12.2. The summed E-state index contributed by atoms with van der Waals surface area (Å²) in [6.07, 6.45) is 5.91. The molecule has 170 valence electrons. The van der Waals surface area contributed by atoms with Gasteiger partial charge in [-0.2, -0.15) is 0 Å². The summed E-state index contributed by atoms with van der Waals surface area (Å²) in [5.41, 5.74) is 5.17. The number of carbonyl (C=O) groups excluding carboxylic acids is 2. The first-order valence-corrected chi connectivity index (χ1v) is 11.3. The summed E-state index contributed by atoms with van der Waals surface area (Å²) < 4.78 is 11.0. The number of esters is 2. The SMILES string of the molecule is C=C(C)C(=O)Oc1ccc(-c2ccc(OC(=O)C(=C)C)c(CCCC)c2CCCC)cc1. The molecule has 0 radical (unpaired) electrons. The largest absolute Gasteiger partial charge is 0.423 e. The second-order valence-electron chi connectivity index (χ2n) is 8.14. The van der Waals surface area contributed by atoms with Crippen molar-refractivity contribution in [3.63, 3.8) is 0 Å². The van der Waals surface area contributed by atoms with Crippen LogP contribution in [0.2, 0.25) is 0 Å². The maximum Gasteiger partial charge on any atom is 0.338 e. The fraction of sp³-hybridized carbons (Fsp3) is 0.357. The summed E-state index contributed by atoms with van der Waals surface area (Å²) in [6, 6.07) is 11.4. The van der Waals surface area contributed by atoms with Gasteiger partial charge in [-0.1, -0.05) is 58.0 Å². The number of ether oxygens (including phenoxy) is 2. The molecule has 0 aliphatic heterocycles. The average molecular weight is 435 g/mol. The minimum absolute atomic E-state index is 0.358. The zero-order chi connectivity index (χ0) is 23.7. The molecule has 0 atom stereocenters. The third-order valence-corrected chi connectivity index (χ3v) is 5.22. The fourth-order valence-electron chi connectivity index (χ4n) is 3.39. The van der Waals surface area contributed by atoms with Crippen molar-refractivity contribution in [3.05, 3.63) is 71.8 Å². The van der Waals surface area contributed by atoms with E-state index in [1.807, 2.05) is 24.3 Å². The van der Waals surface area contributed by atoms with E-state index in [0.29, 0.717) is 22.6 Å². The lowest BCUT2D eigenvalue weighted by atomic mass is 9.89. The molecule has 0 aliphatic carbocycles. The van der Waals surface area contributed by atoms with Crippen molar-refractivity contribution in [3.8, 4) is 22.6 Å². The lowest BCUT2D eigenvalue weighted by Crippen LogP contribution is -2.11. The minimum Gasteiger partial charge on any atom is -0.423 e. The second kappa shape index (κ2) is 12.0. The summed E-state index contributed by atoms with van der Waals surface area (Å²) in [5, 5.41) is 0. The van der Waals surface area contributed by atoms with E-state index < -0.39 is 11.9 Å². The van der Waals surface area contributed by atoms with Gasteiger partial charge in [0.25, 0.3) is 0 Å². The number of benzene rings is 2. The Morgan fingerprint density at radius 1 is 0.750 bits per heavy atom. The van der Waals surface area contributed by atoms with Gasteiger partial charge in [-0.05, 0) is 80.0 Å². The van der Waals surface area contributed by atoms with E-state index in [1.165, 1.54) is 5.56 Å². The predicted molar refractivity (Wildman–Crippen MR) is 130 cm³/mol. The molecule has 0 spiro atoms. The zero-order valence-electron chi connectivity index (χ0n) is 19.8. The molecule has 4 nitrogen and oxygen atoms in total. The Kier molecular flexibility index (Phi) is 9.45. The van der Waals surface area contributed by atoms with Crippen molar-refractivity contribution in [2.75, 3.05) is 0 Å². The predicted octanol–water partition coefficient (Wildman–Crippen LogP) is 7.00. The Labute approximate surface area is 191 Å². The van der Waals surface area contributed by atoms with E-state index in [9.17, 15) is 9.59 Å². The number of hydrogen-bond acceptors (Lipinski definition) is 4. The number of carbonyl (C=O) groups is 2. The van der Waals surface area contributed by atoms with Crippen LogP contribution in [0.1, 0.15) is 64.5 Å². The van der Waals surface area contributed by atoms with Gasteiger partial charge in [0.1, 0.15) is 11.5 Å². The van der Waals surface area contributed by atoms with Crippen molar-refractivity contribution in [1.29, 1.82) is 0 Å². The van der Waals surface area contributed by atoms with Crippen LogP contribution in [0.3, 0.4) is 0 Å². The third kappa shape index (κ3) is 6.68. The summed E-state index contributed by atoms with van der Waals surface area (Å²) in [4.78, 5) is 24.0. The minimum atomic E-state index is -0.438. The summed E-state index contributed by atoms with van der Waals surface area (Å²) >= 11 is 0. The van der Waals surface area contributed by atoms with Crippen LogP contribution in [-0.2, 0) is 22.4 Å². The molecule has 0 N–H and O–H groups in total. The molecule has 0 heterocycles. The van der Waals surface area contributed by atoms with Crippen molar-refractivity contribution in [2.24, 2.45) is 0 Å². The van der Waals surface area contributed by atoms with Gasteiger partial charge in [0, 0.05) is 11.1 Å². The lowest BCUT2D eigenvalue weighted by Gasteiger charge is -2.19. The Morgan fingerprint density at radius 2 is 1.28 bits per heavy atom. The molecule has 0 unspecified atom stereocenters. The van der Waals surface area contributed by atoms with Crippen LogP contribution in [0.4, 0.5) is 0 Å². The molecule has 0 fully saturated rings. The van der Waals surface area contributed by atoms with Crippen molar-refractivity contribution in [1.82, 2.24) is 0 Å². The highest BCUT2D eigenvalue weighted by molar-refractivity contribution is 5.89. The van der Waals surface area contributed by atoms with Gasteiger partial charge in [-0.15, -0.1) is 0 Å². The molecular formula is C28H34O4. The number of unbranched alkanes of at least 4 members (excludes halogenated alkanes) is 2. The summed E-state index contributed by atoms with van der Waals surface area (Å²) in [7, 11) is 0. The van der Waals surface area contributed by atoms with Crippen molar-refractivity contribution >= 4 is 11.9 Å². The van der Waals surface area contributed by atoms with Gasteiger partial charge in [-0.3, -0.25) is 0 Å². The van der Waals surface area contributed by atoms with Gasteiger partial charge in [0.15, 0.2) is 0 Å². The monoisotopic (exact) mass is 434 g/mol. The lowest BCUT2D eigenvalue weighted by molar-refractivity contribution is -0.131. The zero-order valence-corrected chi connectivity index (χ0v) is 19.8. The first-order valence-electron chi connectivity index (χ1n) is 11.3. The first kappa shape index (κ1) is 25.1. The summed E-state index contributed by atoms with van der Waals surface area (Å²) in [5.74, 6) is 0.260. The molecule has 2 rings (SSSR count). The van der Waals surface area contributed by atoms with E-state index in [1.54, 1.807) is 26.0 Å². The summed E-state index contributed by atoms with van der Waals surface area (Å²) in [6.45, 7) is 14.9. The Bertz CT molecular complexity index is 983. The van der Waals surface area contributed by atoms with Crippen molar-refractivity contribution in [2.45, 2.75) is 66.2 Å². The highest BCUT2D eigenvalue weighted by Crippen LogP contribution is 2.35. The van der Waals surface area contributed by atoms with Crippen LogP contribution in [0.15, 0.2) is 60.7 Å². The molecule has 32 heavy (non-hydrogen) atoms. The average Bonchev–Trinajstić information content (AvgIpc) is 2.77. The first-order chi connectivity index (χ1) is 15.3. The van der Waals surface area contributed by atoms with Crippen LogP contribution >= 0.6 is 0 Å². The van der Waals surface area contributed by atoms with Crippen LogP contribution in [0.25, 0.3) is 11.1 Å². The van der Waals surface area contributed by atoms with Gasteiger partial charge < -0.3 is 9.47 Å². The second-order valence-corrected chi connectivity index (χ2v) is 8.14. The van der Waals surface area contributed by atoms with Gasteiger partial charge >= 0.3 is 11.9 Å². The molecular weight excluding hydrogens is 400 g/mol. The molecule has 0 aromatic heterocycles.